The number of benzene rings is 2. The van der Waals surface area contributed by atoms with Crippen LogP contribution in [0.25, 0.3) is 0 Å². The molecular formula is C49H66BBr2Cl2N7O. The van der Waals surface area contributed by atoms with Crippen LogP contribution in [0.5, 0.6) is 0 Å². The first-order valence-corrected chi connectivity index (χ1v) is 25.6. The summed E-state index contributed by atoms with van der Waals surface area (Å²) in [5, 5.41) is 18.6. The molecule has 2 aromatic carbocycles. The molecule has 0 spiro atoms. The molecular weight excluding hydrogens is 944 g/mol. The van der Waals surface area contributed by atoms with Crippen molar-refractivity contribution in [1.82, 2.24) is 35.2 Å². The average Bonchev–Trinajstić information content (AvgIpc) is 3.52. The molecule has 3 N–H and O–H groups in total. The van der Waals surface area contributed by atoms with Crippen LogP contribution < -0.4 is 10.5 Å². The second kappa shape index (κ2) is 23.0. The summed E-state index contributed by atoms with van der Waals surface area (Å²) in [5.41, 5.74) is 10.5. The van der Waals surface area contributed by atoms with Gasteiger partial charge in [0, 0.05) is 95.3 Å². The molecule has 4 aliphatic rings. The van der Waals surface area contributed by atoms with E-state index in [1.54, 1.807) is 0 Å². The average molecular weight is 1010 g/mol. The van der Waals surface area contributed by atoms with Crippen molar-refractivity contribution in [3.8, 4) is 0 Å². The van der Waals surface area contributed by atoms with Crippen LogP contribution >= 0.6 is 55.1 Å². The highest BCUT2D eigenvalue weighted by molar-refractivity contribution is 9.10. The lowest BCUT2D eigenvalue weighted by atomic mass is 9.86. The van der Waals surface area contributed by atoms with E-state index in [1.165, 1.54) is 83.3 Å². The molecule has 4 aromatic rings. The number of nitrogens with zero attached hydrogens (tertiary/aromatic N) is 5. The van der Waals surface area contributed by atoms with Gasteiger partial charge in [-0.2, -0.15) is 0 Å². The Kier molecular flexibility index (Phi) is 17.8. The molecule has 13 heteroatoms. The standard InChI is InChI=1S/C27H39BBrClN4O.C22H27BrClN3/c1-4-6-7-24-18-34(13-12-33(24)17-23(5-2)32-28(3)35)27-25-11-10-22(30)15-19(25)8-9-20-14-21(29)16-31-26(20)27;1-2-3-4-19-14-27(10-9-25-19)22-20-8-7-18(24)12-15(20)5-6-16-11-17(23)13-26-21(16)22/h10-11,14-16,23-24,27,32,35H,4-9,12-13,17-18H2,1-3H3;7-8,11-13,19,22,25H,2-6,9-10,14H2,1H3. The first-order chi connectivity index (χ1) is 30.0. The fourth-order valence-corrected chi connectivity index (χ4v) is 11.5. The van der Waals surface area contributed by atoms with Crippen molar-refractivity contribution in [3.63, 3.8) is 0 Å². The van der Waals surface area contributed by atoms with Gasteiger partial charge in [0.15, 0.2) is 0 Å². The van der Waals surface area contributed by atoms with Crippen LogP contribution in [0.4, 0.5) is 0 Å². The molecule has 2 aliphatic carbocycles. The van der Waals surface area contributed by atoms with Crippen molar-refractivity contribution >= 4 is 62.1 Å². The number of piperazine rings is 2. The number of unbranched alkanes of at least 4 members (excludes halogenated alkanes) is 2. The van der Waals surface area contributed by atoms with E-state index in [4.69, 9.17) is 33.2 Å². The Morgan fingerprint density at radius 2 is 1.31 bits per heavy atom. The summed E-state index contributed by atoms with van der Waals surface area (Å²) in [6.45, 7) is 15.7. The summed E-state index contributed by atoms with van der Waals surface area (Å²) >= 11 is 20.0. The van der Waals surface area contributed by atoms with Crippen LogP contribution in [0.15, 0.2) is 69.9 Å². The third kappa shape index (κ3) is 12.1. The van der Waals surface area contributed by atoms with Gasteiger partial charge < -0.3 is 15.6 Å². The zero-order chi connectivity index (χ0) is 43.8. The zero-order valence-electron chi connectivity index (χ0n) is 37.2. The number of rotatable bonds is 13. The highest BCUT2D eigenvalue weighted by atomic mass is 79.9. The van der Waals surface area contributed by atoms with Crippen molar-refractivity contribution < 1.29 is 5.02 Å². The van der Waals surface area contributed by atoms with Gasteiger partial charge >= 0.3 is 7.05 Å². The molecule has 62 heavy (non-hydrogen) atoms. The molecule has 2 aliphatic heterocycles. The highest BCUT2D eigenvalue weighted by Gasteiger charge is 2.37. The predicted octanol–water partition coefficient (Wildman–Crippen LogP) is 10.5. The summed E-state index contributed by atoms with van der Waals surface area (Å²) in [7, 11) is -0.480. The summed E-state index contributed by atoms with van der Waals surface area (Å²) in [4.78, 5) is 17.8. The minimum absolute atomic E-state index is 0.150. The lowest BCUT2D eigenvalue weighted by Gasteiger charge is -2.46. The Bertz CT molecular complexity index is 1990. The van der Waals surface area contributed by atoms with Crippen LogP contribution in [0.3, 0.4) is 0 Å². The molecule has 5 unspecified atom stereocenters. The van der Waals surface area contributed by atoms with E-state index in [1.807, 2.05) is 31.3 Å². The molecule has 0 amide bonds. The molecule has 8 nitrogen and oxygen atoms in total. The molecule has 2 fully saturated rings. The Morgan fingerprint density at radius 3 is 1.85 bits per heavy atom. The van der Waals surface area contributed by atoms with Crippen molar-refractivity contribution in [3.05, 3.63) is 125 Å². The van der Waals surface area contributed by atoms with E-state index >= 15 is 0 Å². The topological polar surface area (TPSA) is 79.8 Å². The third-order valence-electron chi connectivity index (χ3n) is 13.5. The van der Waals surface area contributed by atoms with Gasteiger partial charge in [-0.05, 0) is 153 Å². The molecule has 0 saturated carbocycles. The van der Waals surface area contributed by atoms with E-state index in [9.17, 15) is 5.02 Å². The van der Waals surface area contributed by atoms with Crippen molar-refractivity contribution in [2.75, 3.05) is 45.8 Å². The molecule has 8 rings (SSSR count). The normalized spacial score (nSPS) is 22.2. The molecule has 5 atom stereocenters. The fraction of sp³-hybridized carbons (Fsp3) is 0.551. The number of hydrogen-bond acceptors (Lipinski definition) is 8. The third-order valence-corrected chi connectivity index (χ3v) is 14.8. The van der Waals surface area contributed by atoms with Gasteiger partial charge in [0.1, 0.15) is 0 Å². The Balaban J connectivity index is 0.000000192. The maximum absolute atomic E-state index is 9.90. The zero-order valence-corrected chi connectivity index (χ0v) is 41.8. The maximum Gasteiger partial charge on any atom is 0.373 e. The number of hydrogen-bond donors (Lipinski definition) is 3. The Labute approximate surface area is 398 Å². The van der Waals surface area contributed by atoms with E-state index in [-0.39, 0.29) is 12.1 Å². The number of halogens is 4. The monoisotopic (exact) mass is 1010 g/mol. The second-order valence-corrected chi connectivity index (χ2v) is 20.6. The van der Waals surface area contributed by atoms with Gasteiger partial charge in [0.2, 0.25) is 0 Å². The summed E-state index contributed by atoms with van der Waals surface area (Å²) in [6.07, 6.45) is 16.3. The van der Waals surface area contributed by atoms with Crippen LogP contribution in [-0.2, 0) is 25.7 Å². The molecule has 2 saturated heterocycles. The van der Waals surface area contributed by atoms with Gasteiger partial charge in [0.25, 0.3) is 0 Å². The van der Waals surface area contributed by atoms with E-state index in [0.29, 0.717) is 18.1 Å². The molecule has 0 radical (unpaired) electrons. The molecule has 334 valence electrons. The SMILES string of the molecule is CCCCC1CN(C2c3ccc(Cl)cc3CCc3cc(Br)cnc32)CCN1.CCCCC1CN(C2c3ccc(Cl)cc3CCc3cc(Br)cnc32)CCN1CC(CC)NB(C)O. The number of pyridine rings is 2. The number of nitrogens with one attached hydrogen (secondary N) is 2. The van der Waals surface area contributed by atoms with Crippen LogP contribution in [0.2, 0.25) is 16.9 Å². The van der Waals surface area contributed by atoms with Crippen LogP contribution in [0, 0.1) is 0 Å². The van der Waals surface area contributed by atoms with E-state index < -0.39 is 7.05 Å². The second-order valence-electron chi connectivity index (χ2n) is 17.9. The van der Waals surface area contributed by atoms with Gasteiger partial charge in [0.05, 0.1) is 23.5 Å². The van der Waals surface area contributed by atoms with Crippen LogP contribution in [-0.4, -0.2) is 101 Å². The minimum Gasteiger partial charge on any atom is -0.437 e. The maximum atomic E-state index is 9.90. The largest absolute Gasteiger partial charge is 0.437 e. The number of fused-ring (bicyclic) bond motifs is 4. The quantitative estimate of drug-likeness (QED) is 0.114. The number of aromatic nitrogens is 2. The van der Waals surface area contributed by atoms with Crippen molar-refractivity contribution in [2.45, 2.75) is 128 Å². The van der Waals surface area contributed by atoms with Gasteiger partial charge in [-0.3, -0.25) is 24.7 Å². The molecule has 2 aromatic heterocycles. The van der Waals surface area contributed by atoms with E-state index in [0.717, 1.165) is 96.9 Å². The van der Waals surface area contributed by atoms with Crippen molar-refractivity contribution in [1.29, 1.82) is 0 Å². The fourth-order valence-electron chi connectivity index (χ4n) is 10.3. The first kappa shape index (κ1) is 48.0. The minimum atomic E-state index is -0.480. The van der Waals surface area contributed by atoms with Gasteiger partial charge in [-0.25, -0.2) is 0 Å². The first-order valence-electron chi connectivity index (χ1n) is 23.3. The Hall–Kier alpha value is -1.90. The van der Waals surface area contributed by atoms with E-state index in [2.05, 4.69) is 114 Å². The summed E-state index contributed by atoms with van der Waals surface area (Å²) < 4.78 is 2.10. The lowest BCUT2D eigenvalue weighted by molar-refractivity contribution is 0.0452. The predicted molar refractivity (Wildman–Crippen MR) is 266 cm³/mol. The van der Waals surface area contributed by atoms with Gasteiger partial charge in [-0.15, -0.1) is 0 Å². The smallest absolute Gasteiger partial charge is 0.373 e. The molecule has 4 heterocycles. The highest BCUT2D eigenvalue weighted by Crippen LogP contribution is 2.40. The van der Waals surface area contributed by atoms with Crippen molar-refractivity contribution in [2.24, 2.45) is 0 Å². The Morgan fingerprint density at radius 1 is 0.758 bits per heavy atom. The molecule has 0 bridgehead atoms. The summed E-state index contributed by atoms with van der Waals surface area (Å²) in [5.74, 6) is 0. The summed E-state index contributed by atoms with van der Waals surface area (Å²) in [6, 6.07) is 19.1. The number of aryl methyl sites for hydroxylation is 4. The van der Waals surface area contributed by atoms with Gasteiger partial charge in [-0.1, -0.05) is 81.8 Å². The lowest BCUT2D eigenvalue weighted by Crippen LogP contribution is -2.57. The van der Waals surface area contributed by atoms with Crippen LogP contribution in [0.1, 0.15) is 123 Å².